The molecule has 0 saturated heterocycles. The van der Waals surface area contributed by atoms with Crippen molar-refractivity contribution in [2.45, 2.75) is 6.18 Å². The quantitative estimate of drug-likeness (QED) is 0.690. The van der Waals surface area contributed by atoms with Crippen LogP contribution in [-0.2, 0) is 6.18 Å². The maximum absolute atomic E-state index is 13.4. The molecule has 0 bridgehead atoms. The topological polar surface area (TPSA) is 12.9 Å². The molecule has 0 saturated carbocycles. The SMILES string of the molecule is Fc1cnccc1-c1ccccc1C(F)(F)F. The first-order valence-electron chi connectivity index (χ1n) is 4.76. The van der Waals surface area contributed by atoms with Crippen LogP contribution in [0.25, 0.3) is 11.1 Å². The average Bonchev–Trinajstić information content (AvgIpc) is 2.28. The highest BCUT2D eigenvalue weighted by Gasteiger charge is 2.33. The molecule has 0 aliphatic heterocycles. The lowest BCUT2D eigenvalue weighted by molar-refractivity contribution is -0.137. The predicted octanol–water partition coefficient (Wildman–Crippen LogP) is 3.91. The van der Waals surface area contributed by atoms with Crippen LogP contribution < -0.4 is 0 Å². The minimum absolute atomic E-state index is 0.104. The van der Waals surface area contributed by atoms with Crippen molar-refractivity contribution < 1.29 is 17.6 Å². The Morgan fingerprint density at radius 3 is 2.29 bits per heavy atom. The molecule has 1 aromatic carbocycles. The first kappa shape index (κ1) is 11.6. The summed E-state index contributed by atoms with van der Waals surface area (Å²) in [6.07, 6.45) is -2.36. The van der Waals surface area contributed by atoms with Crippen molar-refractivity contribution in [3.8, 4) is 11.1 Å². The molecule has 17 heavy (non-hydrogen) atoms. The van der Waals surface area contributed by atoms with Crippen molar-refractivity contribution in [3.05, 3.63) is 54.1 Å². The Labute approximate surface area is 94.7 Å². The van der Waals surface area contributed by atoms with Gasteiger partial charge in [-0.1, -0.05) is 18.2 Å². The van der Waals surface area contributed by atoms with E-state index in [1.165, 1.54) is 30.5 Å². The van der Waals surface area contributed by atoms with Gasteiger partial charge in [0.1, 0.15) is 5.82 Å². The van der Waals surface area contributed by atoms with E-state index in [1.54, 1.807) is 0 Å². The zero-order chi connectivity index (χ0) is 12.5. The largest absolute Gasteiger partial charge is 0.417 e. The summed E-state index contributed by atoms with van der Waals surface area (Å²) in [5.41, 5.74) is -1.14. The summed E-state index contributed by atoms with van der Waals surface area (Å²) in [6, 6.07) is 6.09. The van der Waals surface area contributed by atoms with Crippen molar-refractivity contribution in [2.75, 3.05) is 0 Å². The first-order valence-corrected chi connectivity index (χ1v) is 4.76. The van der Waals surface area contributed by atoms with E-state index in [-0.39, 0.29) is 11.1 Å². The van der Waals surface area contributed by atoms with Gasteiger partial charge in [-0.25, -0.2) is 4.39 Å². The number of hydrogen-bond donors (Lipinski definition) is 0. The van der Waals surface area contributed by atoms with Crippen LogP contribution in [0.1, 0.15) is 5.56 Å². The number of rotatable bonds is 1. The lowest BCUT2D eigenvalue weighted by Crippen LogP contribution is -2.07. The van der Waals surface area contributed by atoms with Crippen molar-refractivity contribution in [2.24, 2.45) is 0 Å². The fourth-order valence-electron chi connectivity index (χ4n) is 1.56. The van der Waals surface area contributed by atoms with Gasteiger partial charge in [-0.2, -0.15) is 13.2 Å². The molecule has 0 amide bonds. The molecular formula is C12H7F4N. The number of halogens is 4. The van der Waals surface area contributed by atoms with Crippen LogP contribution in [0, 0.1) is 5.82 Å². The number of aromatic nitrogens is 1. The van der Waals surface area contributed by atoms with E-state index in [0.29, 0.717) is 0 Å². The van der Waals surface area contributed by atoms with E-state index in [4.69, 9.17) is 0 Å². The Balaban J connectivity index is 2.65. The van der Waals surface area contributed by atoms with Crippen LogP contribution >= 0.6 is 0 Å². The van der Waals surface area contributed by atoms with Gasteiger partial charge in [0.25, 0.3) is 0 Å². The van der Waals surface area contributed by atoms with Crippen LogP contribution in [0.2, 0.25) is 0 Å². The minimum Gasteiger partial charge on any atom is -0.262 e. The van der Waals surface area contributed by atoms with E-state index >= 15 is 0 Å². The normalized spacial score (nSPS) is 11.5. The average molecular weight is 241 g/mol. The van der Waals surface area contributed by atoms with Gasteiger partial charge < -0.3 is 0 Å². The summed E-state index contributed by atoms with van der Waals surface area (Å²) >= 11 is 0. The summed E-state index contributed by atoms with van der Waals surface area (Å²) < 4.78 is 51.6. The van der Waals surface area contributed by atoms with Crippen LogP contribution in [0.5, 0.6) is 0 Å². The Hall–Kier alpha value is -1.91. The third kappa shape index (κ3) is 2.27. The second-order valence-corrected chi connectivity index (χ2v) is 3.40. The number of nitrogens with zero attached hydrogens (tertiary/aromatic N) is 1. The predicted molar refractivity (Wildman–Crippen MR) is 54.6 cm³/mol. The lowest BCUT2D eigenvalue weighted by atomic mass is 10.00. The smallest absolute Gasteiger partial charge is 0.262 e. The number of alkyl halides is 3. The van der Waals surface area contributed by atoms with Gasteiger partial charge in [-0.05, 0) is 17.7 Å². The first-order chi connectivity index (χ1) is 8.00. The third-order valence-corrected chi connectivity index (χ3v) is 2.30. The summed E-state index contributed by atoms with van der Waals surface area (Å²) in [5, 5.41) is 0. The van der Waals surface area contributed by atoms with E-state index < -0.39 is 17.6 Å². The molecule has 0 unspecified atom stereocenters. The molecule has 0 aliphatic carbocycles. The highest BCUT2D eigenvalue weighted by atomic mass is 19.4. The lowest BCUT2D eigenvalue weighted by Gasteiger charge is -2.12. The van der Waals surface area contributed by atoms with Crippen LogP contribution in [0.3, 0.4) is 0 Å². The van der Waals surface area contributed by atoms with Crippen molar-refractivity contribution in [3.63, 3.8) is 0 Å². The molecule has 1 aromatic heterocycles. The van der Waals surface area contributed by atoms with Crippen molar-refractivity contribution >= 4 is 0 Å². The molecule has 0 fully saturated rings. The van der Waals surface area contributed by atoms with Crippen LogP contribution in [0.4, 0.5) is 17.6 Å². The van der Waals surface area contributed by atoms with Crippen LogP contribution in [-0.4, -0.2) is 4.98 Å². The van der Waals surface area contributed by atoms with Crippen molar-refractivity contribution in [1.82, 2.24) is 4.98 Å². The van der Waals surface area contributed by atoms with E-state index in [2.05, 4.69) is 4.98 Å². The molecule has 2 aromatic rings. The highest BCUT2D eigenvalue weighted by Crippen LogP contribution is 2.37. The molecule has 0 spiro atoms. The zero-order valence-corrected chi connectivity index (χ0v) is 8.50. The van der Waals surface area contributed by atoms with Gasteiger partial charge in [0, 0.05) is 11.8 Å². The fraction of sp³-hybridized carbons (Fsp3) is 0.0833. The molecule has 0 N–H and O–H groups in total. The standard InChI is InChI=1S/C12H7F4N/c13-11-7-17-6-5-9(11)8-3-1-2-4-10(8)12(14,15)16/h1-7H. The Morgan fingerprint density at radius 1 is 0.941 bits per heavy atom. The Morgan fingerprint density at radius 2 is 1.65 bits per heavy atom. The summed E-state index contributed by atoms with van der Waals surface area (Å²) in [6.45, 7) is 0. The molecule has 1 heterocycles. The molecule has 88 valence electrons. The maximum atomic E-state index is 13.4. The summed E-state index contributed by atoms with van der Waals surface area (Å²) in [5.74, 6) is -0.774. The molecule has 0 aliphatic rings. The van der Waals surface area contributed by atoms with E-state index in [1.807, 2.05) is 0 Å². The van der Waals surface area contributed by atoms with Gasteiger partial charge in [-0.15, -0.1) is 0 Å². The van der Waals surface area contributed by atoms with Gasteiger partial charge in [0.05, 0.1) is 11.8 Å². The molecule has 2 rings (SSSR count). The Kier molecular flexibility index (Phi) is 2.83. The molecule has 5 heteroatoms. The summed E-state index contributed by atoms with van der Waals surface area (Å²) in [7, 11) is 0. The van der Waals surface area contributed by atoms with E-state index in [9.17, 15) is 17.6 Å². The van der Waals surface area contributed by atoms with Gasteiger partial charge >= 0.3 is 6.18 Å². The van der Waals surface area contributed by atoms with E-state index in [0.717, 1.165) is 12.3 Å². The molecule has 1 nitrogen and oxygen atoms in total. The number of hydrogen-bond acceptors (Lipinski definition) is 1. The number of pyridine rings is 1. The third-order valence-electron chi connectivity index (χ3n) is 2.30. The highest BCUT2D eigenvalue weighted by molar-refractivity contribution is 5.68. The molecule has 0 radical (unpaired) electrons. The number of benzene rings is 1. The fourth-order valence-corrected chi connectivity index (χ4v) is 1.56. The molecule has 0 atom stereocenters. The zero-order valence-electron chi connectivity index (χ0n) is 8.50. The van der Waals surface area contributed by atoms with Crippen LogP contribution in [0.15, 0.2) is 42.7 Å². The van der Waals surface area contributed by atoms with Gasteiger partial charge in [0.15, 0.2) is 0 Å². The maximum Gasteiger partial charge on any atom is 0.417 e. The summed E-state index contributed by atoms with van der Waals surface area (Å²) in [4.78, 5) is 3.51. The second kappa shape index (κ2) is 4.16. The van der Waals surface area contributed by atoms with Gasteiger partial charge in [0.2, 0.25) is 0 Å². The van der Waals surface area contributed by atoms with Gasteiger partial charge in [-0.3, -0.25) is 4.98 Å². The second-order valence-electron chi connectivity index (χ2n) is 3.40. The Bertz CT molecular complexity index is 534. The van der Waals surface area contributed by atoms with Crippen molar-refractivity contribution in [1.29, 1.82) is 0 Å². The monoisotopic (exact) mass is 241 g/mol. The molecular weight excluding hydrogens is 234 g/mol. The minimum atomic E-state index is -4.51.